The number of carboxylic acid groups (broad SMARTS) is 1. The lowest BCUT2D eigenvalue weighted by Crippen LogP contribution is -2.32. The Labute approximate surface area is 142 Å². The highest BCUT2D eigenvalue weighted by molar-refractivity contribution is 6.39. The molecule has 6 nitrogen and oxygen atoms in total. The van der Waals surface area contributed by atoms with Gasteiger partial charge in [0.2, 0.25) is 0 Å². The molecule has 0 bridgehead atoms. The number of nitrogens with two attached hydrogens (primary N) is 1. The molecule has 0 unspecified atom stereocenters. The number of hydrogen-bond acceptors (Lipinski definition) is 4. The van der Waals surface area contributed by atoms with Crippen LogP contribution in [0.3, 0.4) is 0 Å². The van der Waals surface area contributed by atoms with Gasteiger partial charge in [-0.25, -0.2) is 0 Å². The van der Waals surface area contributed by atoms with Crippen molar-refractivity contribution in [2.45, 2.75) is 12.5 Å². The predicted molar refractivity (Wildman–Crippen MR) is 88.0 cm³/mol. The summed E-state index contributed by atoms with van der Waals surface area (Å²) >= 11 is 11.9. The number of hydrogen-bond donors (Lipinski definition) is 3. The van der Waals surface area contributed by atoms with E-state index >= 15 is 0 Å². The summed E-state index contributed by atoms with van der Waals surface area (Å²) in [7, 11) is 0. The Kier molecular flexibility index (Phi) is 5.54. The third kappa shape index (κ3) is 4.41. The number of halogens is 2. The third-order valence-electron chi connectivity index (χ3n) is 3.08. The van der Waals surface area contributed by atoms with Crippen LogP contribution in [-0.2, 0) is 11.2 Å². The second-order valence-electron chi connectivity index (χ2n) is 4.78. The summed E-state index contributed by atoms with van der Waals surface area (Å²) in [6.45, 7) is 0. The van der Waals surface area contributed by atoms with Crippen molar-refractivity contribution >= 4 is 40.8 Å². The second kappa shape index (κ2) is 7.41. The van der Waals surface area contributed by atoms with Gasteiger partial charge in [0.25, 0.3) is 5.91 Å². The fourth-order valence-corrected chi connectivity index (χ4v) is 2.31. The van der Waals surface area contributed by atoms with Crippen LogP contribution < -0.4 is 11.1 Å². The second-order valence-corrected chi connectivity index (χ2v) is 5.59. The van der Waals surface area contributed by atoms with Gasteiger partial charge in [-0.05, 0) is 24.1 Å². The summed E-state index contributed by atoms with van der Waals surface area (Å²) in [6.07, 6.45) is 2.93. The molecule has 0 fully saturated rings. The number of benzene rings is 1. The summed E-state index contributed by atoms with van der Waals surface area (Å²) in [6, 6.07) is 5.45. The van der Waals surface area contributed by atoms with Crippen LogP contribution in [0.2, 0.25) is 10.0 Å². The average Bonchev–Trinajstić information content (AvgIpc) is 2.51. The minimum Gasteiger partial charge on any atom is -0.480 e. The minimum atomic E-state index is -1.08. The average molecular weight is 354 g/mol. The van der Waals surface area contributed by atoms with Crippen LogP contribution in [0.1, 0.15) is 15.9 Å². The maximum atomic E-state index is 12.2. The number of aromatic nitrogens is 1. The molecule has 0 spiro atoms. The molecular weight excluding hydrogens is 341 g/mol. The smallest absolute Gasteiger partial charge is 0.320 e. The number of anilines is 1. The Balaban J connectivity index is 2.10. The van der Waals surface area contributed by atoms with E-state index in [2.05, 4.69) is 10.3 Å². The minimum absolute atomic E-state index is 0.180. The highest BCUT2D eigenvalue weighted by atomic mass is 35.5. The van der Waals surface area contributed by atoms with Crippen LogP contribution in [0.4, 0.5) is 5.69 Å². The molecule has 8 heteroatoms. The standard InChI is InChI=1S/C15H13Cl2N3O3/c16-10-6-19-7-11(17)13(10)20-14(21)9-3-1-8(2-4-9)5-12(18)15(22)23/h1-4,6-7,12H,5,18H2,(H,22,23)(H,19,20,21)/t12-/m0/s1. The third-order valence-corrected chi connectivity index (χ3v) is 3.65. The first-order valence-corrected chi connectivity index (χ1v) is 7.31. The van der Waals surface area contributed by atoms with Crippen molar-refractivity contribution in [1.29, 1.82) is 0 Å². The van der Waals surface area contributed by atoms with Gasteiger partial charge in [-0.3, -0.25) is 14.6 Å². The zero-order chi connectivity index (χ0) is 17.0. The van der Waals surface area contributed by atoms with Crippen molar-refractivity contribution in [1.82, 2.24) is 4.98 Å². The largest absolute Gasteiger partial charge is 0.480 e. The van der Waals surface area contributed by atoms with Crippen LogP contribution in [-0.4, -0.2) is 28.0 Å². The number of amides is 1. The van der Waals surface area contributed by atoms with E-state index in [-0.39, 0.29) is 22.2 Å². The molecule has 1 amide bonds. The molecular formula is C15H13Cl2N3O3. The molecule has 0 aliphatic rings. The topological polar surface area (TPSA) is 105 Å². The Morgan fingerprint density at radius 2 is 1.74 bits per heavy atom. The van der Waals surface area contributed by atoms with Gasteiger partial charge in [0.05, 0.1) is 15.7 Å². The lowest BCUT2D eigenvalue weighted by atomic mass is 10.0. The number of nitrogens with one attached hydrogen (secondary N) is 1. The molecule has 0 radical (unpaired) electrons. The monoisotopic (exact) mass is 353 g/mol. The lowest BCUT2D eigenvalue weighted by molar-refractivity contribution is -0.138. The van der Waals surface area contributed by atoms with Crippen LogP contribution in [0.25, 0.3) is 0 Å². The maximum absolute atomic E-state index is 12.2. The number of nitrogens with zero attached hydrogens (tertiary/aromatic N) is 1. The maximum Gasteiger partial charge on any atom is 0.320 e. The number of rotatable bonds is 5. The first kappa shape index (κ1) is 17.2. The molecule has 2 aromatic rings. The van der Waals surface area contributed by atoms with Gasteiger partial charge in [-0.1, -0.05) is 35.3 Å². The summed E-state index contributed by atoms with van der Waals surface area (Å²) in [5.74, 6) is -1.47. The van der Waals surface area contributed by atoms with Gasteiger partial charge < -0.3 is 16.2 Å². The molecule has 23 heavy (non-hydrogen) atoms. The van der Waals surface area contributed by atoms with E-state index in [0.717, 1.165) is 5.56 Å². The van der Waals surface area contributed by atoms with Gasteiger partial charge >= 0.3 is 5.97 Å². The van der Waals surface area contributed by atoms with E-state index in [0.29, 0.717) is 5.56 Å². The Morgan fingerprint density at radius 3 is 2.26 bits per heavy atom. The first-order chi connectivity index (χ1) is 10.9. The lowest BCUT2D eigenvalue weighted by Gasteiger charge is -2.10. The summed E-state index contributed by atoms with van der Waals surface area (Å²) in [5.41, 5.74) is 6.85. The summed E-state index contributed by atoms with van der Waals surface area (Å²) in [5, 5.41) is 11.9. The zero-order valence-corrected chi connectivity index (χ0v) is 13.3. The van der Waals surface area contributed by atoms with E-state index in [1.807, 2.05) is 0 Å². The number of pyridine rings is 1. The van der Waals surface area contributed by atoms with E-state index in [4.69, 9.17) is 34.0 Å². The Hall–Kier alpha value is -2.15. The molecule has 0 saturated carbocycles. The van der Waals surface area contributed by atoms with Crippen LogP contribution in [0, 0.1) is 0 Å². The fourth-order valence-electron chi connectivity index (χ4n) is 1.85. The summed E-state index contributed by atoms with van der Waals surface area (Å²) < 4.78 is 0. The molecule has 0 aliphatic carbocycles. The SMILES string of the molecule is N[C@@H](Cc1ccc(C(=O)Nc2c(Cl)cncc2Cl)cc1)C(=O)O. The van der Waals surface area contributed by atoms with Gasteiger partial charge in [0, 0.05) is 18.0 Å². The number of carboxylic acids is 1. The van der Waals surface area contributed by atoms with E-state index in [9.17, 15) is 9.59 Å². The van der Waals surface area contributed by atoms with Crippen LogP contribution in [0.5, 0.6) is 0 Å². The highest BCUT2D eigenvalue weighted by Crippen LogP contribution is 2.29. The molecule has 1 heterocycles. The van der Waals surface area contributed by atoms with Gasteiger partial charge in [0.15, 0.2) is 0 Å². The molecule has 1 aromatic heterocycles. The highest BCUT2D eigenvalue weighted by Gasteiger charge is 2.14. The Bertz CT molecular complexity index is 715. The van der Waals surface area contributed by atoms with E-state index in [1.54, 1.807) is 24.3 Å². The molecule has 4 N–H and O–H groups in total. The normalized spacial score (nSPS) is 11.8. The summed E-state index contributed by atoms with van der Waals surface area (Å²) in [4.78, 5) is 26.7. The zero-order valence-electron chi connectivity index (χ0n) is 11.8. The molecule has 0 saturated heterocycles. The van der Waals surface area contributed by atoms with Gasteiger partial charge in [-0.2, -0.15) is 0 Å². The fraction of sp³-hybridized carbons (Fsp3) is 0.133. The number of carbonyl (C=O) groups is 2. The molecule has 1 atom stereocenters. The van der Waals surface area contributed by atoms with Crippen molar-refractivity contribution in [2.24, 2.45) is 5.73 Å². The van der Waals surface area contributed by atoms with E-state index < -0.39 is 17.9 Å². The van der Waals surface area contributed by atoms with Crippen LogP contribution >= 0.6 is 23.2 Å². The number of carbonyl (C=O) groups excluding carboxylic acids is 1. The van der Waals surface area contributed by atoms with Crippen molar-refractivity contribution in [3.63, 3.8) is 0 Å². The molecule has 1 aromatic carbocycles. The molecule has 2 rings (SSSR count). The van der Waals surface area contributed by atoms with E-state index in [1.165, 1.54) is 12.4 Å². The predicted octanol–water partition coefficient (Wildman–Crippen LogP) is 2.60. The van der Waals surface area contributed by atoms with Crippen molar-refractivity contribution < 1.29 is 14.7 Å². The first-order valence-electron chi connectivity index (χ1n) is 6.56. The molecule has 0 aliphatic heterocycles. The van der Waals surface area contributed by atoms with Crippen molar-refractivity contribution in [3.8, 4) is 0 Å². The molecule has 120 valence electrons. The van der Waals surface area contributed by atoms with Crippen molar-refractivity contribution in [3.05, 3.63) is 57.8 Å². The van der Waals surface area contributed by atoms with Gasteiger partial charge in [-0.15, -0.1) is 0 Å². The van der Waals surface area contributed by atoms with Crippen LogP contribution in [0.15, 0.2) is 36.7 Å². The van der Waals surface area contributed by atoms with Gasteiger partial charge in [0.1, 0.15) is 6.04 Å². The quantitative estimate of drug-likeness (QED) is 0.765. The Morgan fingerprint density at radius 1 is 1.17 bits per heavy atom. The number of aliphatic carboxylic acids is 1. The van der Waals surface area contributed by atoms with Crippen molar-refractivity contribution in [2.75, 3.05) is 5.32 Å².